The Balaban J connectivity index is 1.48. The molecule has 3 nitrogen and oxygen atoms in total. The zero-order chi connectivity index (χ0) is 17.9. The average molecular weight is 368 g/mol. The summed E-state index contributed by atoms with van der Waals surface area (Å²) >= 11 is 5.98. The highest BCUT2D eigenvalue weighted by molar-refractivity contribution is 6.30. The minimum Gasteiger partial charge on any atom is -0.295 e. The summed E-state index contributed by atoms with van der Waals surface area (Å²) in [7, 11) is 0. The molecule has 0 radical (unpaired) electrons. The maximum absolute atomic E-state index is 14.0. The van der Waals surface area contributed by atoms with E-state index in [1.165, 1.54) is 6.07 Å². The zero-order valence-corrected chi connectivity index (χ0v) is 15.0. The van der Waals surface area contributed by atoms with E-state index in [0.29, 0.717) is 0 Å². The standard InChI is InChI=1S/C21H19ClFN3/c22-18-7-5-16(6-8-18)21-17(13-24-25-21)14-26-11-9-15(10-12-26)19-3-1-2-4-20(19)23/h1-9,13H,10-12,14H2,(H,24,25). The Morgan fingerprint density at radius 3 is 2.65 bits per heavy atom. The third kappa shape index (κ3) is 3.57. The maximum Gasteiger partial charge on any atom is 0.130 e. The molecule has 5 heteroatoms. The summed E-state index contributed by atoms with van der Waals surface area (Å²) in [5.41, 5.74) is 5.05. The second-order valence-corrected chi connectivity index (χ2v) is 6.91. The van der Waals surface area contributed by atoms with Gasteiger partial charge < -0.3 is 0 Å². The van der Waals surface area contributed by atoms with Crippen LogP contribution in [-0.2, 0) is 6.54 Å². The van der Waals surface area contributed by atoms with Gasteiger partial charge in [-0.25, -0.2) is 4.39 Å². The smallest absolute Gasteiger partial charge is 0.130 e. The SMILES string of the molecule is Fc1ccccc1C1=CCN(Cc2cn[nH]c2-c2ccc(Cl)cc2)CC1. The number of nitrogens with zero attached hydrogens (tertiary/aromatic N) is 2. The van der Waals surface area contributed by atoms with Crippen molar-refractivity contribution < 1.29 is 4.39 Å². The molecule has 0 saturated heterocycles. The number of rotatable bonds is 4. The summed E-state index contributed by atoms with van der Waals surface area (Å²) in [5.74, 6) is -0.146. The number of nitrogens with one attached hydrogen (secondary N) is 1. The van der Waals surface area contributed by atoms with Crippen molar-refractivity contribution in [3.05, 3.63) is 82.8 Å². The summed E-state index contributed by atoms with van der Waals surface area (Å²) in [6.07, 6.45) is 4.85. The molecule has 2 aromatic carbocycles. The molecule has 0 atom stereocenters. The molecule has 0 aliphatic carbocycles. The van der Waals surface area contributed by atoms with E-state index in [2.05, 4.69) is 21.2 Å². The summed E-state index contributed by atoms with van der Waals surface area (Å²) in [6, 6.07) is 14.7. The van der Waals surface area contributed by atoms with Crippen LogP contribution in [0.5, 0.6) is 0 Å². The van der Waals surface area contributed by atoms with Crippen LogP contribution in [0.2, 0.25) is 5.02 Å². The second kappa shape index (κ2) is 7.44. The quantitative estimate of drug-likeness (QED) is 0.690. The van der Waals surface area contributed by atoms with Crippen molar-refractivity contribution >= 4 is 17.2 Å². The lowest BCUT2D eigenvalue weighted by Crippen LogP contribution is -2.28. The highest BCUT2D eigenvalue weighted by Gasteiger charge is 2.17. The number of hydrogen-bond acceptors (Lipinski definition) is 2. The Labute approximate surface area is 157 Å². The van der Waals surface area contributed by atoms with Crippen molar-refractivity contribution in [2.24, 2.45) is 0 Å². The molecule has 0 amide bonds. The number of H-pyrrole nitrogens is 1. The zero-order valence-electron chi connectivity index (χ0n) is 14.3. The lowest BCUT2D eigenvalue weighted by molar-refractivity contribution is 0.294. The van der Waals surface area contributed by atoms with Crippen molar-refractivity contribution in [3.8, 4) is 11.3 Å². The Kier molecular flexibility index (Phi) is 4.87. The predicted molar refractivity (Wildman–Crippen MR) is 103 cm³/mol. The molecule has 4 rings (SSSR count). The van der Waals surface area contributed by atoms with Gasteiger partial charge in [0.1, 0.15) is 5.82 Å². The van der Waals surface area contributed by atoms with Gasteiger partial charge in [-0.15, -0.1) is 0 Å². The largest absolute Gasteiger partial charge is 0.295 e. The predicted octanol–water partition coefficient (Wildman–Crippen LogP) is 5.16. The van der Waals surface area contributed by atoms with Crippen LogP contribution in [0.15, 0.2) is 60.8 Å². The van der Waals surface area contributed by atoms with Crippen LogP contribution in [0.3, 0.4) is 0 Å². The summed E-state index contributed by atoms with van der Waals surface area (Å²) in [4.78, 5) is 2.34. The molecule has 1 N–H and O–H groups in total. The van der Waals surface area contributed by atoms with Gasteiger partial charge in [-0.2, -0.15) is 5.10 Å². The maximum atomic E-state index is 14.0. The van der Waals surface area contributed by atoms with Gasteiger partial charge in [0.15, 0.2) is 0 Å². The van der Waals surface area contributed by atoms with Gasteiger partial charge >= 0.3 is 0 Å². The normalized spacial score (nSPS) is 15.1. The van der Waals surface area contributed by atoms with Gasteiger partial charge in [0.2, 0.25) is 0 Å². The molecule has 0 bridgehead atoms. The molecule has 26 heavy (non-hydrogen) atoms. The highest BCUT2D eigenvalue weighted by atomic mass is 35.5. The second-order valence-electron chi connectivity index (χ2n) is 6.47. The van der Waals surface area contributed by atoms with Crippen LogP contribution in [0.25, 0.3) is 16.8 Å². The van der Waals surface area contributed by atoms with E-state index in [1.54, 1.807) is 6.07 Å². The van der Waals surface area contributed by atoms with E-state index in [1.807, 2.05) is 42.6 Å². The van der Waals surface area contributed by atoms with Gasteiger partial charge in [0.25, 0.3) is 0 Å². The molecule has 0 fully saturated rings. The molecule has 132 valence electrons. The fourth-order valence-electron chi connectivity index (χ4n) is 3.36. The summed E-state index contributed by atoms with van der Waals surface area (Å²) in [5, 5.41) is 8.02. The van der Waals surface area contributed by atoms with E-state index in [4.69, 9.17) is 11.6 Å². The minimum absolute atomic E-state index is 0.146. The van der Waals surface area contributed by atoms with Crippen LogP contribution < -0.4 is 0 Å². The number of hydrogen-bond donors (Lipinski definition) is 1. The molecule has 3 aromatic rings. The molecule has 0 saturated carbocycles. The molecule has 1 aliphatic heterocycles. The van der Waals surface area contributed by atoms with E-state index >= 15 is 0 Å². The Morgan fingerprint density at radius 1 is 1.12 bits per heavy atom. The summed E-state index contributed by atoms with van der Waals surface area (Å²) in [6.45, 7) is 2.50. The highest BCUT2D eigenvalue weighted by Crippen LogP contribution is 2.27. The number of aromatic amines is 1. The van der Waals surface area contributed by atoms with Crippen molar-refractivity contribution in [2.45, 2.75) is 13.0 Å². The lowest BCUT2D eigenvalue weighted by atomic mass is 9.98. The third-order valence-electron chi connectivity index (χ3n) is 4.76. The average Bonchev–Trinajstić information content (AvgIpc) is 3.12. The van der Waals surface area contributed by atoms with Gasteiger partial charge in [-0.1, -0.05) is 48.0 Å². The number of halogens is 2. The minimum atomic E-state index is -0.146. The number of benzene rings is 2. The Bertz CT molecular complexity index is 930. The van der Waals surface area contributed by atoms with Gasteiger partial charge in [0, 0.05) is 35.8 Å². The molecular formula is C21H19ClFN3. The molecule has 0 spiro atoms. The molecule has 1 aliphatic rings. The van der Waals surface area contributed by atoms with Crippen LogP contribution in [0.4, 0.5) is 4.39 Å². The topological polar surface area (TPSA) is 31.9 Å². The van der Waals surface area contributed by atoms with Crippen LogP contribution in [0.1, 0.15) is 17.5 Å². The van der Waals surface area contributed by atoms with Gasteiger partial charge in [0.05, 0.1) is 11.9 Å². The van der Waals surface area contributed by atoms with Crippen molar-refractivity contribution in [1.29, 1.82) is 0 Å². The van der Waals surface area contributed by atoms with Crippen molar-refractivity contribution in [3.63, 3.8) is 0 Å². The fourth-order valence-corrected chi connectivity index (χ4v) is 3.49. The third-order valence-corrected chi connectivity index (χ3v) is 5.01. The fraction of sp³-hybridized carbons (Fsp3) is 0.190. The Hall–Kier alpha value is -2.43. The molecule has 1 aromatic heterocycles. The number of aromatic nitrogens is 2. The van der Waals surface area contributed by atoms with Crippen molar-refractivity contribution in [2.75, 3.05) is 13.1 Å². The van der Waals surface area contributed by atoms with Crippen molar-refractivity contribution in [1.82, 2.24) is 15.1 Å². The van der Waals surface area contributed by atoms with E-state index in [9.17, 15) is 4.39 Å². The lowest BCUT2D eigenvalue weighted by Gasteiger charge is -2.26. The van der Waals surface area contributed by atoms with E-state index in [0.717, 1.165) is 59.0 Å². The van der Waals surface area contributed by atoms with Crippen LogP contribution in [-0.4, -0.2) is 28.2 Å². The first kappa shape index (κ1) is 17.0. The van der Waals surface area contributed by atoms with Crippen LogP contribution in [0, 0.1) is 5.82 Å². The first-order valence-electron chi connectivity index (χ1n) is 8.65. The van der Waals surface area contributed by atoms with E-state index in [-0.39, 0.29) is 5.82 Å². The first-order valence-corrected chi connectivity index (χ1v) is 9.03. The first-order chi connectivity index (χ1) is 12.7. The van der Waals surface area contributed by atoms with Crippen LogP contribution >= 0.6 is 11.6 Å². The molecular weight excluding hydrogens is 349 g/mol. The monoisotopic (exact) mass is 367 g/mol. The van der Waals surface area contributed by atoms with Gasteiger partial charge in [-0.05, 0) is 35.8 Å². The van der Waals surface area contributed by atoms with Gasteiger partial charge in [-0.3, -0.25) is 10.00 Å². The molecule has 2 heterocycles. The Morgan fingerprint density at radius 2 is 1.92 bits per heavy atom. The van der Waals surface area contributed by atoms with E-state index < -0.39 is 0 Å². The summed E-state index contributed by atoms with van der Waals surface area (Å²) < 4.78 is 14.0. The molecule has 0 unspecified atom stereocenters.